The monoisotopic (exact) mass is 408 g/mol. The molecule has 0 bridgehead atoms. The van der Waals surface area contributed by atoms with Gasteiger partial charge in [-0.15, -0.1) is 11.8 Å². The number of benzene rings is 2. The lowest BCUT2D eigenvalue weighted by Gasteiger charge is -2.28. The molecule has 7 heteroatoms. The largest absolute Gasteiger partial charge is 0.357 e. The summed E-state index contributed by atoms with van der Waals surface area (Å²) < 4.78 is 13.1. The SMILES string of the molecule is CNC(=O)[C@H](C)N(Cc1ccc(F)cc1)C(=O)CCSc1ccc(Cl)cc1. The Bertz CT molecular complexity index is 769. The van der Waals surface area contributed by atoms with E-state index in [9.17, 15) is 14.0 Å². The number of halogens is 2. The van der Waals surface area contributed by atoms with Crippen LogP contribution in [0.2, 0.25) is 5.02 Å². The summed E-state index contributed by atoms with van der Waals surface area (Å²) in [7, 11) is 1.54. The number of thioether (sulfide) groups is 1. The number of likely N-dealkylation sites (N-methyl/N-ethyl adjacent to an activating group) is 1. The van der Waals surface area contributed by atoms with E-state index in [0.29, 0.717) is 10.8 Å². The minimum atomic E-state index is -0.618. The Labute approximate surface area is 168 Å². The van der Waals surface area contributed by atoms with E-state index >= 15 is 0 Å². The van der Waals surface area contributed by atoms with E-state index in [-0.39, 0.29) is 30.6 Å². The summed E-state index contributed by atoms with van der Waals surface area (Å²) in [6, 6.07) is 12.7. The molecular weight excluding hydrogens is 387 g/mol. The summed E-state index contributed by atoms with van der Waals surface area (Å²) in [4.78, 5) is 27.4. The third-order valence-corrected chi connectivity index (χ3v) is 5.34. The van der Waals surface area contributed by atoms with E-state index < -0.39 is 6.04 Å². The molecule has 0 heterocycles. The molecule has 0 saturated carbocycles. The molecule has 0 fully saturated rings. The van der Waals surface area contributed by atoms with Crippen LogP contribution < -0.4 is 5.32 Å². The van der Waals surface area contributed by atoms with Gasteiger partial charge in [-0.05, 0) is 48.9 Å². The van der Waals surface area contributed by atoms with Crippen LogP contribution in [0, 0.1) is 5.82 Å². The number of nitrogens with one attached hydrogen (secondary N) is 1. The summed E-state index contributed by atoms with van der Waals surface area (Å²) in [6.45, 7) is 1.94. The maximum atomic E-state index is 13.1. The maximum absolute atomic E-state index is 13.1. The van der Waals surface area contributed by atoms with Gasteiger partial charge in [0.05, 0.1) is 0 Å². The van der Waals surface area contributed by atoms with Gasteiger partial charge in [-0.2, -0.15) is 0 Å². The van der Waals surface area contributed by atoms with Crippen molar-refractivity contribution in [1.82, 2.24) is 10.2 Å². The van der Waals surface area contributed by atoms with Gasteiger partial charge in [-0.3, -0.25) is 9.59 Å². The number of amides is 2. The first-order valence-electron chi connectivity index (χ1n) is 8.54. The highest BCUT2D eigenvalue weighted by molar-refractivity contribution is 7.99. The van der Waals surface area contributed by atoms with Gasteiger partial charge < -0.3 is 10.2 Å². The van der Waals surface area contributed by atoms with Gasteiger partial charge in [0.1, 0.15) is 11.9 Å². The molecule has 0 unspecified atom stereocenters. The highest BCUT2D eigenvalue weighted by Crippen LogP contribution is 2.22. The van der Waals surface area contributed by atoms with Crippen LogP contribution in [0.4, 0.5) is 4.39 Å². The van der Waals surface area contributed by atoms with Gasteiger partial charge in [0.25, 0.3) is 0 Å². The molecule has 2 amide bonds. The zero-order valence-corrected chi connectivity index (χ0v) is 16.8. The fourth-order valence-corrected chi connectivity index (χ4v) is 3.48. The average molecular weight is 409 g/mol. The molecule has 0 radical (unpaired) electrons. The van der Waals surface area contributed by atoms with Crippen LogP contribution in [0.1, 0.15) is 18.9 Å². The van der Waals surface area contributed by atoms with Crippen LogP contribution in [0.25, 0.3) is 0 Å². The Morgan fingerprint density at radius 2 is 1.78 bits per heavy atom. The molecule has 2 aromatic carbocycles. The number of carbonyl (C=O) groups is 2. The fraction of sp³-hybridized carbons (Fsp3) is 0.300. The Morgan fingerprint density at radius 3 is 2.37 bits per heavy atom. The summed E-state index contributed by atoms with van der Waals surface area (Å²) in [5.74, 6) is -0.121. The van der Waals surface area contributed by atoms with Crippen molar-refractivity contribution in [3.8, 4) is 0 Å². The number of hydrogen-bond acceptors (Lipinski definition) is 3. The van der Waals surface area contributed by atoms with E-state index in [1.54, 1.807) is 43.0 Å². The molecule has 144 valence electrons. The molecule has 0 aliphatic rings. The summed E-state index contributed by atoms with van der Waals surface area (Å²) in [6.07, 6.45) is 0.288. The highest BCUT2D eigenvalue weighted by atomic mass is 35.5. The predicted molar refractivity (Wildman–Crippen MR) is 107 cm³/mol. The van der Waals surface area contributed by atoms with Crippen molar-refractivity contribution in [3.63, 3.8) is 0 Å². The van der Waals surface area contributed by atoms with Crippen LogP contribution in [0.3, 0.4) is 0 Å². The van der Waals surface area contributed by atoms with Crippen molar-refractivity contribution in [2.45, 2.75) is 30.8 Å². The van der Waals surface area contributed by atoms with Gasteiger partial charge in [0, 0.05) is 35.7 Å². The minimum absolute atomic E-state index is 0.128. The molecule has 0 spiro atoms. The third-order valence-electron chi connectivity index (χ3n) is 4.08. The summed E-state index contributed by atoms with van der Waals surface area (Å²) in [5.41, 5.74) is 0.769. The standard InChI is InChI=1S/C20H22ClFN2O2S/c1-14(20(26)23-2)24(13-15-3-7-17(22)8-4-15)19(25)11-12-27-18-9-5-16(21)6-10-18/h3-10,14H,11-13H2,1-2H3,(H,23,26)/t14-/m0/s1. The minimum Gasteiger partial charge on any atom is -0.357 e. The van der Waals surface area contributed by atoms with Crippen LogP contribution in [-0.4, -0.2) is 35.6 Å². The zero-order valence-electron chi connectivity index (χ0n) is 15.2. The smallest absolute Gasteiger partial charge is 0.242 e. The van der Waals surface area contributed by atoms with Crippen molar-refractivity contribution in [2.75, 3.05) is 12.8 Å². The zero-order chi connectivity index (χ0) is 19.8. The van der Waals surface area contributed by atoms with E-state index in [1.165, 1.54) is 24.1 Å². The normalized spacial score (nSPS) is 11.7. The predicted octanol–water partition coefficient (Wildman–Crippen LogP) is 4.12. The molecule has 0 aromatic heterocycles. The quantitative estimate of drug-likeness (QED) is 0.668. The first-order valence-corrected chi connectivity index (χ1v) is 9.91. The number of rotatable bonds is 8. The third kappa shape index (κ3) is 6.56. The van der Waals surface area contributed by atoms with Crippen molar-refractivity contribution < 1.29 is 14.0 Å². The molecule has 1 atom stereocenters. The lowest BCUT2D eigenvalue weighted by atomic mass is 10.1. The van der Waals surface area contributed by atoms with Gasteiger partial charge in [0.15, 0.2) is 0 Å². The van der Waals surface area contributed by atoms with Crippen LogP contribution in [0.5, 0.6) is 0 Å². The Morgan fingerprint density at radius 1 is 1.15 bits per heavy atom. The van der Waals surface area contributed by atoms with Crippen LogP contribution in [-0.2, 0) is 16.1 Å². The van der Waals surface area contributed by atoms with E-state index in [1.807, 2.05) is 12.1 Å². The van der Waals surface area contributed by atoms with Crippen LogP contribution >= 0.6 is 23.4 Å². The Balaban J connectivity index is 2.02. The summed E-state index contributed by atoms with van der Waals surface area (Å²) >= 11 is 7.42. The lowest BCUT2D eigenvalue weighted by molar-refractivity contribution is -0.140. The van der Waals surface area contributed by atoms with E-state index in [2.05, 4.69) is 5.32 Å². The van der Waals surface area contributed by atoms with Crippen molar-refractivity contribution in [3.05, 3.63) is 64.9 Å². The summed E-state index contributed by atoms with van der Waals surface area (Å²) in [5, 5.41) is 3.24. The highest BCUT2D eigenvalue weighted by Gasteiger charge is 2.25. The molecular formula is C20H22ClFN2O2S. The number of hydrogen-bond donors (Lipinski definition) is 1. The Kier molecular flexibility index (Phi) is 8.13. The molecule has 0 saturated heterocycles. The first kappa shape index (κ1) is 21.3. The number of nitrogens with zero attached hydrogens (tertiary/aromatic N) is 1. The molecule has 0 aliphatic heterocycles. The van der Waals surface area contributed by atoms with Crippen LogP contribution in [0.15, 0.2) is 53.4 Å². The van der Waals surface area contributed by atoms with Gasteiger partial charge in [-0.1, -0.05) is 23.7 Å². The topological polar surface area (TPSA) is 49.4 Å². The molecule has 4 nitrogen and oxygen atoms in total. The van der Waals surface area contributed by atoms with Gasteiger partial charge in [-0.25, -0.2) is 4.39 Å². The maximum Gasteiger partial charge on any atom is 0.242 e. The first-order chi connectivity index (χ1) is 12.9. The van der Waals surface area contributed by atoms with Gasteiger partial charge >= 0.3 is 0 Å². The van der Waals surface area contributed by atoms with E-state index in [4.69, 9.17) is 11.6 Å². The second-order valence-corrected chi connectivity index (χ2v) is 7.60. The molecule has 2 aromatic rings. The van der Waals surface area contributed by atoms with Crippen molar-refractivity contribution in [2.24, 2.45) is 0 Å². The molecule has 0 aliphatic carbocycles. The van der Waals surface area contributed by atoms with E-state index in [0.717, 1.165) is 10.5 Å². The average Bonchev–Trinajstić information content (AvgIpc) is 2.67. The Hall–Kier alpha value is -2.05. The second-order valence-electron chi connectivity index (χ2n) is 5.99. The number of carbonyl (C=O) groups excluding carboxylic acids is 2. The molecule has 1 N–H and O–H groups in total. The molecule has 27 heavy (non-hydrogen) atoms. The molecule has 2 rings (SSSR count). The lowest BCUT2D eigenvalue weighted by Crippen LogP contribution is -2.46. The van der Waals surface area contributed by atoms with Crippen molar-refractivity contribution >= 4 is 35.2 Å². The van der Waals surface area contributed by atoms with Gasteiger partial charge in [0.2, 0.25) is 11.8 Å². The fourth-order valence-electron chi connectivity index (χ4n) is 2.51. The van der Waals surface area contributed by atoms with Crippen molar-refractivity contribution in [1.29, 1.82) is 0 Å². The second kappa shape index (κ2) is 10.3.